The minimum absolute atomic E-state index is 0. The molecule has 1 heterocycles. The summed E-state index contributed by atoms with van der Waals surface area (Å²) in [6.07, 6.45) is 6.10. The first-order valence-corrected chi connectivity index (χ1v) is 3.92. The van der Waals surface area contributed by atoms with Crippen LogP contribution in [0.4, 0.5) is 0 Å². The zero-order chi connectivity index (χ0) is 8.69. The molecule has 1 aliphatic rings. The molecule has 0 radical (unpaired) electrons. The van der Waals surface area contributed by atoms with Crippen LogP contribution in [0.25, 0.3) is 0 Å². The molecule has 0 atom stereocenters. The third kappa shape index (κ3) is 4.37. The van der Waals surface area contributed by atoms with Crippen molar-refractivity contribution in [2.45, 2.75) is 27.2 Å². The molecule has 0 aromatic heterocycles. The Morgan fingerprint density at radius 1 is 1.55 bits per heavy atom. The molecular weight excluding hydrogens is 138 g/mol. The maximum atomic E-state index is 10.7. The Labute approximate surface area is 69.5 Å². The van der Waals surface area contributed by atoms with Crippen LogP contribution < -0.4 is 5.32 Å². The molecule has 64 valence electrons. The summed E-state index contributed by atoms with van der Waals surface area (Å²) in [5, 5.41) is 2.70. The molecule has 0 aliphatic carbocycles. The number of allylic oxidation sites excluding steroid dienone is 3. The lowest BCUT2D eigenvalue weighted by Gasteiger charge is -1.97. The average Bonchev–Trinajstić information content (AvgIpc) is 2.18. The smallest absolute Gasteiger partial charge is 0.227 e. The summed E-state index contributed by atoms with van der Waals surface area (Å²) < 4.78 is 0. The van der Waals surface area contributed by atoms with E-state index in [2.05, 4.69) is 5.32 Å². The van der Waals surface area contributed by atoms with Crippen LogP contribution in [-0.2, 0) is 4.79 Å². The Morgan fingerprint density at radius 2 is 2.18 bits per heavy atom. The molecule has 0 saturated carbocycles. The summed E-state index contributed by atoms with van der Waals surface area (Å²) in [7, 11) is 0. The van der Waals surface area contributed by atoms with Gasteiger partial charge in [-0.1, -0.05) is 26.0 Å². The first kappa shape index (κ1) is 9.95. The van der Waals surface area contributed by atoms with Crippen LogP contribution in [0, 0.1) is 0 Å². The van der Waals surface area contributed by atoms with E-state index in [9.17, 15) is 4.79 Å². The van der Waals surface area contributed by atoms with Gasteiger partial charge in [0.25, 0.3) is 0 Å². The van der Waals surface area contributed by atoms with Crippen LogP contribution in [-0.4, -0.2) is 5.91 Å². The fourth-order valence-corrected chi connectivity index (χ4v) is 0.700. The minimum atomic E-state index is 0. The van der Waals surface area contributed by atoms with Crippen LogP contribution >= 0.6 is 0 Å². The number of nitrogens with one attached hydrogen (secondary N) is 1. The fraction of sp³-hybridized carbons (Fsp3) is 0.444. The standard InChI is InChI=1S/C7H9NO.C2H6.H2/c1-6-4-2-3-5-7(9)8-6;1-2;/h2-4H,5H2,1H3,(H,8,9);1-2H3;1H. The average molecular weight is 155 g/mol. The summed E-state index contributed by atoms with van der Waals surface area (Å²) in [6, 6.07) is 0. The normalized spacial score (nSPS) is 15.5. The molecule has 1 N–H and O–H groups in total. The van der Waals surface area contributed by atoms with Gasteiger partial charge in [-0.25, -0.2) is 0 Å². The largest absolute Gasteiger partial charge is 0.330 e. The zero-order valence-corrected chi connectivity index (χ0v) is 7.35. The zero-order valence-electron chi connectivity index (χ0n) is 7.35. The Bertz CT molecular complexity index is 185. The highest BCUT2D eigenvalue weighted by molar-refractivity contribution is 5.79. The molecule has 0 saturated heterocycles. The van der Waals surface area contributed by atoms with Gasteiger partial charge in [-0.3, -0.25) is 4.79 Å². The Kier molecular flexibility index (Phi) is 5.17. The first-order chi connectivity index (χ1) is 5.29. The van der Waals surface area contributed by atoms with Gasteiger partial charge in [0.05, 0.1) is 0 Å². The van der Waals surface area contributed by atoms with E-state index in [-0.39, 0.29) is 7.33 Å². The second kappa shape index (κ2) is 5.71. The lowest BCUT2D eigenvalue weighted by molar-refractivity contribution is -0.119. The lowest BCUT2D eigenvalue weighted by atomic mass is 10.4. The van der Waals surface area contributed by atoms with Gasteiger partial charge in [0.15, 0.2) is 0 Å². The van der Waals surface area contributed by atoms with Crippen LogP contribution in [0.2, 0.25) is 0 Å². The van der Waals surface area contributed by atoms with Gasteiger partial charge in [-0.05, 0) is 13.0 Å². The van der Waals surface area contributed by atoms with Gasteiger partial charge in [0.2, 0.25) is 5.91 Å². The molecule has 2 nitrogen and oxygen atoms in total. The number of amides is 1. The van der Waals surface area contributed by atoms with Crippen molar-refractivity contribution < 1.29 is 6.22 Å². The maximum Gasteiger partial charge on any atom is 0.227 e. The van der Waals surface area contributed by atoms with Crippen molar-refractivity contribution in [1.82, 2.24) is 5.32 Å². The molecule has 0 spiro atoms. The van der Waals surface area contributed by atoms with Crippen molar-refractivity contribution in [2.75, 3.05) is 0 Å². The molecular formula is C9H17NO. The van der Waals surface area contributed by atoms with E-state index in [4.69, 9.17) is 0 Å². The molecule has 1 rings (SSSR count). The molecule has 1 aliphatic heterocycles. The van der Waals surface area contributed by atoms with Crippen LogP contribution in [0.15, 0.2) is 23.9 Å². The maximum absolute atomic E-state index is 10.7. The van der Waals surface area contributed by atoms with Gasteiger partial charge in [0.1, 0.15) is 0 Å². The minimum Gasteiger partial charge on any atom is -0.330 e. The first-order valence-electron chi connectivity index (χ1n) is 3.92. The van der Waals surface area contributed by atoms with Crippen molar-refractivity contribution in [3.05, 3.63) is 23.9 Å². The highest BCUT2D eigenvalue weighted by Gasteiger charge is 1.99. The molecule has 1 amide bonds. The van der Waals surface area contributed by atoms with Crippen molar-refractivity contribution in [3.63, 3.8) is 0 Å². The van der Waals surface area contributed by atoms with E-state index in [1.807, 2.05) is 39.0 Å². The summed E-state index contributed by atoms with van der Waals surface area (Å²) in [5.74, 6) is 0.0671. The topological polar surface area (TPSA) is 29.1 Å². The van der Waals surface area contributed by atoms with Gasteiger partial charge in [-0.15, -0.1) is 0 Å². The molecule has 0 bridgehead atoms. The molecule has 0 aromatic carbocycles. The van der Waals surface area contributed by atoms with E-state index in [0.29, 0.717) is 6.42 Å². The second-order valence-electron chi connectivity index (χ2n) is 2.03. The lowest BCUT2D eigenvalue weighted by Crippen LogP contribution is -2.18. The van der Waals surface area contributed by atoms with Gasteiger partial charge in [0, 0.05) is 13.5 Å². The second-order valence-corrected chi connectivity index (χ2v) is 2.03. The monoisotopic (exact) mass is 155 g/mol. The van der Waals surface area contributed by atoms with E-state index >= 15 is 0 Å². The van der Waals surface area contributed by atoms with E-state index in [0.717, 1.165) is 5.70 Å². The van der Waals surface area contributed by atoms with Gasteiger partial charge < -0.3 is 5.32 Å². The predicted octanol–water partition coefficient (Wildman–Crippen LogP) is 2.24. The van der Waals surface area contributed by atoms with Crippen molar-refractivity contribution in [1.29, 1.82) is 0 Å². The van der Waals surface area contributed by atoms with Crippen molar-refractivity contribution >= 4 is 5.91 Å². The van der Waals surface area contributed by atoms with E-state index in [1.165, 1.54) is 0 Å². The Hall–Kier alpha value is -1.05. The van der Waals surface area contributed by atoms with E-state index < -0.39 is 0 Å². The molecule has 0 aromatic rings. The number of rotatable bonds is 0. The molecule has 0 fully saturated rings. The van der Waals surface area contributed by atoms with Crippen LogP contribution in [0.1, 0.15) is 28.6 Å². The fourth-order valence-electron chi connectivity index (χ4n) is 0.700. The Morgan fingerprint density at radius 3 is 2.82 bits per heavy atom. The third-order valence-corrected chi connectivity index (χ3v) is 1.12. The Balaban J connectivity index is 0. The van der Waals surface area contributed by atoms with Gasteiger partial charge in [-0.2, -0.15) is 0 Å². The summed E-state index contributed by atoms with van der Waals surface area (Å²) in [4.78, 5) is 10.7. The molecule has 0 unspecified atom stereocenters. The number of carbonyl (C=O) groups is 1. The van der Waals surface area contributed by atoms with Crippen LogP contribution in [0.5, 0.6) is 0 Å². The highest BCUT2D eigenvalue weighted by Crippen LogP contribution is 1.95. The van der Waals surface area contributed by atoms with Crippen molar-refractivity contribution in [3.8, 4) is 0 Å². The summed E-state index contributed by atoms with van der Waals surface area (Å²) in [5.41, 5.74) is 0.911. The van der Waals surface area contributed by atoms with Gasteiger partial charge >= 0.3 is 0 Å². The number of hydrogen-bond donors (Lipinski definition) is 1. The number of carbonyl (C=O) groups excluding carboxylic acids is 1. The summed E-state index contributed by atoms with van der Waals surface area (Å²) in [6.45, 7) is 5.87. The highest BCUT2D eigenvalue weighted by atomic mass is 16.1. The SMILES string of the molecule is CC.CC1=CC=CCC(=O)N1.[HH]. The van der Waals surface area contributed by atoms with Crippen LogP contribution in [0.3, 0.4) is 0 Å². The van der Waals surface area contributed by atoms with Crippen molar-refractivity contribution in [2.24, 2.45) is 0 Å². The van der Waals surface area contributed by atoms with E-state index in [1.54, 1.807) is 0 Å². The molecule has 2 heteroatoms. The predicted molar refractivity (Wildman–Crippen MR) is 49.1 cm³/mol. The summed E-state index contributed by atoms with van der Waals surface area (Å²) >= 11 is 0. The molecule has 11 heavy (non-hydrogen) atoms. The quantitative estimate of drug-likeness (QED) is 0.571. The number of hydrogen-bond acceptors (Lipinski definition) is 1. The third-order valence-electron chi connectivity index (χ3n) is 1.12.